The lowest BCUT2D eigenvalue weighted by Crippen LogP contribution is -2.29. The maximum absolute atomic E-state index is 14.4. The van der Waals surface area contributed by atoms with Gasteiger partial charge < -0.3 is 0 Å². The van der Waals surface area contributed by atoms with Crippen molar-refractivity contribution in [1.82, 2.24) is 14.8 Å². The third-order valence-corrected chi connectivity index (χ3v) is 4.79. The van der Waals surface area contributed by atoms with Crippen molar-refractivity contribution in [3.05, 3.63) is 94.0 Å². The number of pyridine rings is 1. The van der Waals surface area contributed by atoms with E-state index < -0.39 is 17.8 Å². The molecule has 0 aliphatic rings. The summed E-state index contributed by atoms with van der Waals surface area (Å²) >= 11 is 0. The summed E-state index contributed by atoms with van der Waals surface area (Å²) in [6.45, 7) is 0. The van der Waals surface area contributed by atoms with Crippen LogP contribution in [0.2, 0.25) is 0 Å². The second-order valence-corrected chi connectivity index (χ2v) is 6.53. The van der Waals surface area contributed by atoms with Crippen LogP contribution >= 0.6 is 0 Å². The minimum atomic E-state index is -1.00. The predicted molar refractivity (Wildman–Crippen MR) is 107 cm³/mol. The van der Waals surface area contributed by atoms with E-state index in [-0.39, 0.29) is 16.8 Å². The zero-order valence-electron chi connectivity index (χ0n) is 15.3. The van der Waals surface area contributed by atoms with E-state index in [2.05, 4.69) is 10.1 Å². The van der Waals surface area contributed by atoms with Crippen LogP contribution in [0.15, 0.2) is 65.5 Å². The van der Waals surface area contributed by atoms with Crippen LogP contribution in [0, 0.1) is 23.2 Å². The lowest BCUT2D eigenvalue weighted by atomic mass is 9.88. The third-order valence-electron chi connectivity index (χ3n) is 4.79. The maximum atomic E-state index is 14.4. The monoisotopic (exact) mass is 386 g/mol. The van der Waals surface area contributed by atoms with Crippen LogP contribution in [0.4, 0.5) is 8.78 Å². The molecule has 29 heavy (non-hydrogen) atoms. The van der Waals surface area contributed by atoms with Gasteiger partial charge in [-0.3, -0.25) is 4.79 Å². The average molecular weight is 386 g/mol. The first-order chi connectivity index (χ1) is 14.0. The molecule has 1 unspecified atom stereocenters. The molecule has 0 fully saturated rings. The summed E-state index contributed by atoms with van der Waals surface area (Å²) in [5.74, 6) is -2.41. The van der Waals surface area contributed by atoms with E-state index in [1.807, 2.05) is 6.07 Å². The predicted octanol–water partition coefficient (Wildman–Crippen LogP) is 2.79. The zero-order valence-corrected chi connectivity index (χ0v) is 15.3. The van der Waals surface area contributed by atoms with Crippen LogP contribution in [-0.4, -0.2) is 22.6 Å². The molecule has 0 saturated carbocycles. The van der Waals surface area contributed by atoms with Gasteiger partial charge in [-0.25, -0.2) is 4.68 Å². The SMILES string of the molecule is BC(c1ccc(C#N)cc1)n1nc(-c2ccc(F)nc2F)c2ccccc2c1=O. The Labute approximate surface area is 165 Å². The molecule has 8 heteroatoms. The highest BCUT2D eigenvalue weighted by atomic mass is 19.1. The Balaban J connectivity index is 1.96. The Morgan fingerprint density at radius 2 is 1.69 bits per heavy atom. The number of fused-ring (bicyclic) bond motifs is 1. The van der Waals surface area contributed by atoms with Crippen molar-refractivity contribution in [2.45, 2.75) is 5.94 Å². The normalized spacial score (nSPS) is 11.9. The van der Waals surface area contributed by atoms with Crippen LogP contribution in [0.5, 0.6) is 0 Å². The largest absolute Gasteiger partial charge is 0.274 e. The van der Waals surface area contributed by atoms with Gasteiger partial charge in [-0.15, -0.1) is 0 Å². The third kappa shape index (κ3) is 3.27. The minimum absolute atomic E-state index is 0.00313. The van der Waals surface area contributed by atoms with E-state index in [4.69, 9.17) is 5.26 Å². The van der Waals surface area contributed by atoms with Gasteiger partial charge in [0.05, 0.1) is 22.6 Å². The number of aromatic nitrogens is 3. The number of halogens is 2. The summed E-state index contributed by atoms with van der Waals surface area (Å²) in [6.07, 6.45) is 0. The number of nitriles is 1. The Morgan fingerprint density at radius 1 is 1.00 bits per heavy atom. The summed E-state index contributed by atoms with van der Waals surface area (Å²) < 4.78 is 28.9. The number of nitrogens with zero attached hydrogens (tertiary/aromatic N) is 4. The highest BCUT2D eigenvalue weighted by Gasteiger charge is 2.19. The lowest BCUT2D eigenvalue weighted by Gasteiger charge is -2.17. The molecule has 4 aromatic rings. The molecule has 5 nitrogen and oxygen atoms in total. The molecule has 0 amide bonds. The number of hydrogen-bond acceptors (Lipinski definition) is 4. The van der Waals surface area contributed by atoms with E-state index in [0.717, 1.165) is 11.6 Å². The smallest absolute Gasteiger partial charge is 0.267 e. The zero-order chi connectivity index (χ0) is 20.5. The quantitative estimate of drug-likeness (QED) is 0.401. The molecule has 0 bridgehead atoms. The van der Waals surface area contributed by atoms with Gasteiger partial charge in [0.15, 0.2) is 0 Å². The summed E-state index contributed by atoms with van der Waals surface area (Å²) in [6, 6.07) is 17.9. The Morgan fingerprint density at radius 3 is 2.34 bits per heavy atom. The van der Waals surface area contributed by atoms with Crippen LogP contribution in [0.1, 0.15) is 17.1 Å². The molecular formula is C21H13BF2N4O. The molecule has 0 N–H and O–H groups in total. The highest BCUT2D eigenvalue weighted by molar-refractivity contribution is 6.12. The molecule has 2 aromatic heterocycles. The topological polar surface area (TPSA) is 71.6 Å². The van der Waals surface area contributed by atoms with Crippen molar-refractivity contribution in [3.63, 3.8) is 0 Å². The second-order valence-electron chi connectivity index (χ2n) is 6.53. The average Bonchev–Trinajstić information content (AvgIpc) is 2.74. The Hall–Kier alpha value is -3.86. The van der Waals surface area contributed by atoms with Crippen molar-refractivity contribution >= 4 is 18.6 Å². The summed E-state index contributed by atoms with van der Waals surface area (Å²) in [4.78, 5) is 16.3. The molecule has 2 aromatic carbocycles. The first-order valence-corrected chi connectivity index (χ1v) is 8.83. The number of hydrogen-bond donors (Lipinski definition) is 0. The molecule has 4 rings (SSSR count). The summed E-state index contributed by atoms with van der Waals surface area (Å²) in [7, 11) is 1.79. The molecule has 0 saturated heterocycles. The maximum Gasteiger partial charge on any atom is 0.274 e. The van der Waals surface area contributed by atoms with Crippen molar-refractivity contribution in [3.8, 4) is 17.3 Å². The molecule has 0 aliphatic heterocycles. The van der Waals surface area contributed by atoms with Crippen molar-refractivity contribution in [2.75, 3.05) is 0 Å². The minimum Gasteiger partial charge on any atom is -0.267 e. The molecule has 2 heterocycles. The van der Waals surface area contributed by atoms with Crippen LogP contribution < -0.4 is 5.56 Å². The molecule has 0 aliphatic carbocycles. The van der Waals surface area contributed by atoms with E-state index in [1.54, 1.807) is 56.4 Å². The molecule has 0 spiro atoms. The Bertz CT molecular complexity index is 1330. The van der Waals surface area contributed by atoms with Crippen molar-refractivity contribution in [1.29, 1.82) is 5.26 Å². The van der Waals surface area contributed by atoms with Gasteiger partial charge in [0.1, 0.15) is 13.5 Å². The first kappa shape index (κ1) is 18.5. The molecular weight excluding hydrogens is 373 g/mol. The first-order valence-electron chi connectivity index (χ1n) is 8.83. The van der Waals surface area contributed by atoms with E-state index in [9.17, 15) is 13.6 Å². The van der Waals surface area contributed by atoms with Gasteiger partial charge in [-0.1, -0.05) is 30.3 Å². The van der Waals surface area contributed by atoms with Gasteiger partial charge in [-0.2, -0.15) is 24.1 Å². The summed E-state index contributed by atoms with van der Waals surface area (Å²) in [5.41, 5.74) is 1.13. The van der Waals surface area contributed by atoms with Crippen molar-refractivity contribution < 1.29 is 8.78 Å². The lowest BCUT2D eigenvalue weighted by molar-refractivity contribution is 0.514. The standard InChI is InChI=1S/C21H13BF2N4O/c22-19(13-7-5-12(11-25)6-8-13)28-21(29)15-4-2-1-3-14(15)18(27-28)16-9-10-17(23)26-20(16)24/h1-10,19H,22H2. The highest BCUT2D eigenvalue weighted by Crippen LogP contribution is 2.27. The van der Waals surface area contributed by atoms with Gasteiger partial charge in [0, 0.05) is 11.3 Å². The fourth-order valence-electron chi connectivity index (χ4n) is 3.23. The van der Waals surface area contributed by atoms with Crippen molar-refractivity contribution in [2.24, 2.45) is 0 Å². The van der Waals surface area contributed by atoms with Crippen LogP contribution in [-0.2, 0) is 0 Å². The van der Waals surface area contributed by atoms with Gasteiger partial charge >= 0.3 is 0 Å². The molecule has 0 radical (unpaired) electrons. The molecule has 1 atom stereocenters. The number of benzene rings is 2. The molecule has 140 valence electrons. The van der Waals surface area contributed by atoms with Crippen LogP contribution in [0.25, 0.3) is 22.0 Å². The fourth-order valence-corrected chi connectivity index (χ4v) is 3.23. The van der Waals surface area contributed by atoms with Gasteiger partial charge in [0.2, 0.25) is 11.9 Å². The van der Waals surface area contributed by atoms with E-state index in [0.29, 0.717) is 16.3 Å². The van der Waals surface area contributed by atoms with E-state index >= 15 is 0 Å². The number of rotatable bonds is 3. The second kappa shape index (κ2) is 7.28. The van der Waals surface area contributed by atoms with Crippen LogP contribution in [0.3, 0.4) is 0 Å². The Kier molecular flexibility index (Phi) is 4.65. The summed E-state index contributed by atoms with van der Waals surface area (Å²) in [5, 5.41) is 14.2. The van der Waals surface area contributed by atoms with Gasteiger partial charge in [-0.05, 0) is 35.9 Å². The van der Waals surface area contributed by atoms with E-state index in [1.165, 1.54) is 10.7 Å². The van der Waals surface area contributed by atoms with Gasteiger partial charge in [0.25, 0.3) is 5.56 Å². The fraction of sp³-hybridized carbons (Fsp3) is 0.0476.